The Balaban J connectivity index is 1.98. The van der Waals surface area contributed by atoms with Gasteiger partial charge in [-0.15, -0.1) is 0 Å². The lowest BCUT2D eigenvalue weighted by Crippen LogP contribution is -2.21. The summed E-state index contributed by atoms with van der Waals surface area (Å²) >= 11 is 0. The number of nitrogens with zero attached hydrogens (tertiary/aromatic N) is 1. The van der Waals surface area contributed by atoms with Gasteiger partial charge >= 0.3 is 0 Å². The van der Waals surface area contributed by atoms with Crippen LogP contribution in [0.15, 0.2) is 72.1 Å². The highest BCUT2D eigenvalue weighted by Gasteiger charge is 2.30. The lowest BCUT2D eigenvalue weighted by molar-refractivity contribution is 0.394. The van der Waals surface area contributed by atoms with Crippen molar-refractivity contribution in [2.45, 2.75) is 5.92 Å². The van der Waals surface area contributed by atoms with Crippen molar-refractivity contribution in [3.05, 3.63) is 89.1 Å². The van der Waals surface area contributed by atoms with E-state index in [2.05, 4.69) is 6.07 Å². The van der Waals surface area contributed by atoms with Crippen LogP contribution >= 0.6 is 0 Å². The molecule has 1 atom stereocenters. The normalized spacial score (nSPS) is 16.4. The SMILES string of the molecule is N#CC1=C(N)Oc2cc3ccccc3cc2[C@@H]1c1ccc(F)cc1. The first-order valence-corrected chi connectivity index (χ1v) is 7.53. The highest BCUT2D eigenvalue weighted by molar-refractivity contribution is 5.86. The average Bonchev–Trinajstić information content (AvgIpc) is 2.60. The summed E-state index contributed by atoms with van der Waals surface area (Å²) in [6.07, 6.45) is 0. The van der Waals surface area contributed by atoms with E-state index in [0.717, 1.165) is 21.9 Å². The fourth-order valence-corrected chi connectivity index (χ4v) is 3.14. The van der Waals surface area contributed by atoms with E-state index < -0.39 is 0 Å². The second-order valence-corrected chi connectivity index (χ2v) is 5.71. The first-order valence-electron chi connectivity index (χ1n) is 7.53. The second kappa shape index (κ2) is 5.39. The van der Waals surface area contributed by atoms with Crippen molar-refractivity contribution in [2.75, 3.05) is 0 Å². The van der Waals surface area contributed by atoms with E-state index in [1.807, 2.05) is 36.4 Å². The largest absolute Gasteiger partial charge is 0.440 e. The Labute approximate surface area is 138 Å². The van der Waals surface area contributed by atoms with Gasteiger partial charge in [-0.2, -0.15) is 5.26 Å². The maximum atomic E-state index is 13.3. The Morgan fingerprint density at radius 3 is 2.33 bits per heavy atom. The van der Waals surface area contributed by atoms with Crippen LogP contribution in [0, 0.1) is 17.1 Å². The zero-order valence-electron chi connectivity index (χ0n) is 12.7. The van der Waals surface area contributed by atoms with E-state index in [-0.39, 0.29) is 17.6 Å². The molecule has 116 valence electrons. The topological polar surface area (TPSA) is 59.0 Å². The van der Waals surface area contributed by atoms with Crippen molar-refractivity contribution >= 4 is 10.8 Å². The minimum atomic E-state index is -0.371. The number of rotatable bonds is 1. The van der Waals surface area contributed by atoms with Gasteiger partial charge < -0.3 is 10.5 Å². The smallest absolute Gasteiger partial charge is 0.205 e. The van der Waals surface area contributed by atoms with Gasteiger partial charge in [-0.05, 0) is 40.6 Å². The minimum absolute atomic E-state index is 0.0922. The summed E-state index contributed by atoms with van der Waals surface area (Å²) in [5.74, 6) is 0.0260. The summed E-state index contributed by atoms with van der Waals surface area (Å²) in [5.41, 5.74) is 7.96. The van der Waals surface area contributed by atoms with Gasteiger partial charge in [0.15, 0.2) is 0 Å². The Bertz CT molecular complexity index is 1020. The molecule has 3 aromatic carbocycles. The van der Waals surface area contributed by atoms with E-state index in [1.54, 1.807) is 12.1 Å². The summed E-state index contributed by atoms with van der Waals surface area (Å²) in [6.45, 7) is 0. The van der Waals surface area contributed by atoms with Crippen molar-refractivity contribution in [2.24, 2.45) is 5.73 Å². The van der Waals surface area contributed by atoms with Crippen LogP contribution in [0.1, 0.15) is 17.0 Å². The number of halogens is 1. The molecular weight excluding hydrogens is 303 g/mol. The first kappa shape index (κ1) is 14.3. The van der Waals surface area contributed by atoms with E-state index in [1.165, 1.54) is 12.1 Å². The maximum absolute atomic E-state index is 13.3. The molecule has 24 heavy (non-hydrogen) atoms. The predicted octanol–water partition coefficient (Wildman–Crippen LogP) is 4.20. The number of hydrogen-bond donors (Lipinski definition) is 1. The quantitative estimate of drug-likeness (QED) is 0.732. The molecule has 0 fully saturated rings. The zero-order chi connectivity index (χ0) is 16.7. The fraction of sp³-hybridized carbons (Fsp3) is 0.0500. The van der Waals surface area contributed by atoms with Gasteiger partial charge in [0.1, 0.15) is 23.2 Å². The summed E-state index contributed by atoms with van der Waals surface area (Å²) in [5, 5.41) is 11.6. The third-order valence-corrected chi connectivity index (χ3v) is 4.29. The predicted molar refractivity (Wildman–Crippen MR) is 89.6 cm³/mol. The van der Waals surface area contributed by atoms with Crippen LogP contribution in [-0.2, 0) is 0 Å². The van der Waals surface area contributed by atoms with Gasteiger partial charge in [0.2, 0.25) is 5.88 Å². The Morgan fingerprint density at radius 1 is 1.00 bits per heavy atom. The molecule has 0 spiro atoms. The molecule has 2 N–H and O–H groups in total. The molecule has 0 bridgehead atoms. The summed E-state index contributed by atoms with van der Waals surface area (Å²) in [6, 6.07) is 20.1. The van der Waals surface area contributed by atoms with Crippen molar-refractivity contribution in [1.29, 1.82) is 5.26 Å². The maximum Gasteiger partial charge on any atom is 0.205 e. The van der Waals surface area contributed by atoms with Crippen molar-refractivity contribution in [3.8, 4) is 11.8 Å². The van der Waals surface area contributed by atoms with Crippen molar-refractivity contribution in [1.82, 2.24) is 0 Å². The third-order valence-electron chi connectivity index (χ3n) is 4.29. The fourth-order valence-electron chi connectivity index (χ4n) is 3.14. The molecule has 1 heterocycles. The molecular formula is C20H13FN2O. The van der Waals surface area contributed by atoms with Crippen LogP contribution in [0.4, 0.5) is 4.39 Å². The molecule has 3 nitrogen and oxygen atoms in total. The molecule has 1 aliphatic heterocycles. The number of nitrogens with two attached hydrogens (primary N) is 1. The molecule has 0 amide bonds. The van der Waals surface area contributed by atoms with Crippen LogP contribution in [0.3, 0.4) is 0 Å². The number of ether oxygens (including phenoxy) is 1. The average molecular weight is 316 g/mol. The highest BCUT2D eigenvalue weighted by Crippen LogP contribution is 2.43. The van der Waals surface area contributed by atoms with Gasteiger partial charge in [-0.3, -0.25) is 0 Å². The third kappa shape index (κ3) is 2.19. The lowest BCUT2D eigenvalue weighted by Gasteiger charge is -2.27. The van der Waals surface area contributed by atoms with E-state index >= 15 is 0 Å². The summed E-state index contributed by atoms with van der Waals surface area (Å²) in [4.78, 5) is 0. The van der Waals surface area contributed by atoms with Crippen molar-refractivity contribution in [3.63, 3.8) is 0 Å². The van der Waals surface area contributed by atoms with Crippen LogP contribution in [0.25, 0.3) is 10.8 Å². The molecule has 0 saturated carbocycles. The molecule has 0 aromatic heterocycles. The number of benzene rings is 3. The summed E-state index contributed by atoms with van der Waals surface area (Å²) < 4.78 is 19.0. The first-order chi connectivity index (χ1) is 11.7. The lowest BCUT2D eigenvalue weighted by atomic mass is 9.82. The Hall–Kier alpha value is -3.32. The molecule has 3 aromatic rings. The van der Waals surface area contributed by atoms with E-state index in [9.17, 15) is 9.65 Å². The standard InChI is InChI=1S/C20H13FN2O/c21-15-7-5-12(6-8-15)19-16-9-13-3-1-2-4-14(13)10-18(16)24-20(23)17(19)11-22/h1-10,19H,23H2/t19-/m0/s1. The Morgan fingerprint density at radius 2 is 1.67 bits per heavy atom. The number of hydrogen-bond acceptors (Lipinski definition) is 3. The monoisotopic (exact) mass is 316 g/mol. The van der Waals surface area contributed by atoms with Crippen LogP contribution < -0.4 is 10.5 Å². The number of fused-ring (bicyclic) bond motifs is 2. The highest BCUT2D eigenvalue weighted by atomic mass is 19.1. The van der Waals surface area contributed by atoms with Crippen LogP contribution in [-0.4, -0.2) is 0 Å². The molecule has 0 radical (unpaired) electrons. The van der Waals surface area contributed by atoms with Crippen LogP contribution in [0.5, 0.6) is 5.75 Å². The molecule has 4 heteroatoms. The van der Waals surface area contributed by atoms with Gasteiger partial charge in [0, 0.05) is 5.56 Å². The number of nitriles is 1. The van der Waals surface area contributed by atoms with Gasteiger partial charge in [-0.1, -0.05) is 36.4 Å². The molecule has 0 aliphatic carbocycles. The Kier molecular flexibility index (Phi) is 3.21. The molecule has 4 rings (SSSR count). The van der Waals surface area contributed by atoms with E-state index in [4.69, 9.17) is 10.5 Å². The number of allylic oxidation sites excluding steroid dienone is 1. The zero-order valence-corrected chi connectivity index (χ0v) is 12.7. The summed E-state index contributed by atoms with van der Waals surface area (Å²) in [7, 11) is 0. The second-order valence-electron chi connectivity index (χ2n) is 5.71. The van der Waals surface area contributed by atoms with Crippen LogP contribution in [0.2, 0.25) is 0 Å². The van der Waals surface area contributed by atoms with E-state index in [0.29, 0.717) is 11.3 Å². The molecule has 0 saturated heterocycles. The van der Waals surface area contributed by atoms with Gasteiger partial charge in [-0.25, -0.2) is 4.39 Å². The van der Waals surface area contributed by atoms with Crippen molar-refractivity contribution < 1.29 is 9.13 Å². The van der Waals surface area contributed by atoms with Gasteiger partial charge in [0.25, 0.3) is 0 Å². The molecule has 0 unspecified atom stereocenters. The molecule has 1 aliphatic rings. The van der Waals surface area contributed by atoms with Gasteiger partial charge in [0.05, 0.1) is 5.92 Å². The minimum Gasteiger partial charge on any atom is -0.440 e.